The highest BCUT2D eigenvalue weighted by Gasteiger charge is 2.36. The highest BCUT2D eigenvalue weighted by Crippen LogP contribution is 2.34. The highest BCUT2D eigenvalue weighted by atomic mass is 16.1. The zero-order valence-corrected chi connectivity index (χ0v) is 7.05. The molecule has 11 heavy (non-hydrogen) atoms. The summed E-state index contributed by atoms with van der Waals surface area (Å²) in [7, 11) is 0. The molecule has 1 aliphatic rings. The van der Waals surface area contributed by atoms with Crippen LogP contribution < -0.4 is 0 Å². The lowest BCUT2D eigenvalue weighted by atomic mass is 9.71. The number of hydrogen-bond donors (Lipinski definition) is 0. The molecule has 0 saturated heterocycles. The summed E-state index contributed by atoms with van der Waals surface area (Å²) in [4.78, 5) is 11.5. The molecule has 0 radical (unpaired) electrons. The summed E-state index contributed by atoms with van der Waals surface area (Å²) < 4.78 is 0. The van der Waals surface area contributed by atoms with Crippen molar-refractivity contribution in [3.05, 3.63) is 0 Å². The summed E-state index contributed by atoms with van der Waals surface area (Å²) in [6, 6.07) is 2.06. The van der Waals surface area contributed by atoms with E-state index in [9.17, 15) is 4.79 Å². The Morgan fingerprint density at radius 3 is 2.73 bits per heavy atom. The fourth-order valence-corrected chi connectivity index (χ4v) is 1.60. The van der Waals surface area contributed by atoms with Gasteiger partial charge in [-0.25, -0.2) is 0 Å². The molecule has 2 nitrogen and oxygen atoms in total. The van der Waals surface area contributed by atoms with Crippen molar-refractivity contribution in [1.29, 1.82) is 5.26 Å². The van der Waals surface area contributed by atoms with Gasteiger partial charge >= 0.3 is 0 Å². The summed E-state index contributed by atoms with van der Waals surface area (Å²) in [5, 5.41) is 8.62. The number of carbonyl (C=O) groups is 1. The van der Waals surface area contributed by atoms with Gasteiger partial charge in [0.1, 0.15) is 5.92 Å². The van der Waals surface area contributed by atoms with E-state index in [4.69, 9.17) is 5.26 Å². The van der Waals surface area contributed by atoms with Gasteiger partial charge in [0.15, 0.2) is 5.78 Å². The smallest absolute Gasteiger partial charge is 0.155 e. The van der Waals surface area contributed by atoms with Gasteiger partial charge in [0.2, 0.25) is 0 Å². The Hall–Kier alpha value is -0.840. The van der Waals surface area contributed by atoms with Crippen molar-refractivity contribution >= 4 is 5.78 Å². The first-order chi connectivity index (χ1) is 5.08. The summed E-state index contributed by atoms with van der Waals surface area (Å²) in [5.74, 6) is -0.204. The minimum atomic E-state index is -0.334. The van der Waals surface area contributed by atoms with Crippen LogP contribution in [0.2, 0.25) is 0 Å². The molecule has 2 heteroatoms. The molecule has 0 aromatic rings. The SMILES string of the molecule is CC1(C)CCC[C@H](C#N)C1=O. The van der Waals surface area contributed by atoms with Crippen LogP contribution in [0.4, 0.5) is 0 Å². The molecular weight excluding hydrogens is 138 g/mol. The molecule has 0 amide bonds. The largest absolute Gasteiger partial charge is 0.298 e. The third-order valence-corrected chi connectivity index (χ3v) is 2.43. The second-order valence-electron chi connectivity index (χ2n) is 3.82. The first kappa shape index (κ1) is 8.26. The van der Waals surface area contributed by atoms with Gasteiger partial charge in [-0.05, 0) is 12.8 Å². The van der Waals surface area contributed by atoms with Crippen LogP contribution in [0.5, 0.6) is 0 Å². The van der Waals surface area contributed by atoms with Gasteiger partial charge in [-0.1, -0.05) is 20.3 Å². The van der Waals surface area contributed by atoms with Crippen LogP contribution in [0.3, 0.4) is 0 Å². The predicted octanol–water partition coefficient (Wildman–Crippen LogP) is 1.91. The molecular formula is C9H13NO. The summed E-state index contributed by atoms with van der Waals surface area (Å²) in [6.07, 6.45) is 2.71. The number of rotatable bonds is 0. The Morgan fingerprint density at radius 1 is 1.64 bits per heavy atom. The van der Waals surface area contributed by atoms with Gasteiger partial charge < -0.3 is 0 Å². The maximum absolute atomic E-state index is 11.5. The van der Waals surface area contributed by atoms with Gasteiger partial charge in [-0.15, -0.1) is 0 Å². The predicted molar refractivity (Wildman–Crippen MR) is 41.7 cm³/mol. The third kappa shape index (κ3) is 1.42. The van der Waals surface area contributed by atoms with E-state index < -0.39 is 0 Å². The van der Waals surface area contributed by atoms with Gasteiger partial charge in [0.05, 0.1) is 6.07 Å². The lowest BCUT2D eigenvalue weighted by Crippen LogP contribution is -2.34. The van der Waals surface area contributed by atoms with Crippen LogP contribution >= 0.6 is 0 Å². The summed E-state index contributed by atoms with van der Waals surface area (Å²) in [5.41, 5.74) is -0.251. The van der Waals surface area contributed by atoms with Gasteiger partial charge in [-0.2, -0.15) is 5.26 Å². The third-order valence-electron chi connectivity index (χ3n) is 2.43. The Bertz CT molecular complexity index is 212. The van der Waals surface area contributed by atoms with E-state index in [2.05, 4.69) is 6.07 Å². The summed E-state index contributed by atoms with van der Waals surface area (Å²) >= 11 is 0. The molecule has 1 fully saturated rings. The van der Waals surface area contributed by atoms with Crippen LogP contribution in [0.15, 0.2) is 0 Å². The quantitative estimate of drug-likeness (QED) is 0.530. The fraction of sp³-hybridized carbons (Fsp3) is 0.778. The average molecular weight is 151 g/mol. The van der Waals surface area contributed by atoms with Crippen LogP contribution in [0.1, 0.15) is 33.1 Å². The average Bonchev–Trinajstić information content (AvgIpc) is 1.95. The normalized spacial score (nSPS) is 29.5. The lowest BCUT2D eigenvalue weighted by Gasteiger charge is -2.30. The molecule has 60 valence electrons. The summed E-state index contributed by atoms with van der Waals surface area (Å²) in [6.45, 7) is 3.86. The second-order valence-corrected chi connectivity index (χ2v) is 3.82. The number of carbonyl (C=O) groups excluding carboxylic acids is 1. The molecule has 0 aromatic heterocycles. The Balaban J connectivity index is 2.78. The first-order valence-corrected chi connectivity index (χ1v) is 4.02. The highest BCUT2D eigenvalue weighted by molar-refractivity contribution is 5.88. The number of hydrogen-bond acceptors (Lipinski definition) is 2. The number of nitrogens with zero attached hydrogens (tertiary/aromatic N) is 1. The lowest BCUT2D eigenvalue weighted by molar-refractivity contribution is -0.132. The molecule has 1 atom stereocenters. The minimum Gasteiger partial charge on any atom is -0.298 e. The minimum absolute atomic E-state index is 0.131. The first-order valence-electron chi connectivity index (χ1n) is 4.02. The Kier molecular flexibility index (Phi) is 1.99. The maximum atomic E-state index is 11.5. The standard InChI is InChI=1S/C9H13NO/c1-9(2)5-3-4-7(6-10)8(9)11/h7H,3-5H2,1-2H3/t7-/m1/s1. The molecule has 1 aliphatic carbocycles. The van der Waals surface area contributed by atoms with E-state index in [1.807, 2.05) is 13.8 Å². The molecule has 0 aliphatic heterocycles. The van der Waals surface area contributed by atoms with Crippen molar-refractivity contribution in [3.8, 4) is 6.07 Å². The number of Topliss-reactive ketones (excluding diaryl/α,β-unsaturated/α-hetero) is 1. The van der Waals surface area contributed by atoms with Gasteiger partial charge in [0.25, 0.3) is 0 Å². The van der Waals surface area contributed by atoms with Crippen LogP contribution in [-0.2, 0) is 4.79 Å². The van der Waals surface area contributed by atoms with Crippen LogP contribution in [-0.4, -0.2) is 5.78 Å². The van der Waals surface area contributed by atoms with E-state index in [1.165, 1.54) is 0 Å². The van der Waals surface area contributed by atoms with E-state index >= 15 is 0 Å². The van der Waals surface area contributed by atoms with Crippen molar-refractivity contribution < 1.29 is 4.79 Å². The maximum Gasteiger partial charge on any atom is 0.155 e. The van der Waals surface area contributed by atoms with Crippen molar-refractivity contribution in [2.45, 2.75) is 33.1 Å². The van der Waals surface area contributed by atoms with Crippen LogP contribution in [0, 0.1) is 22.7 Å². The van der Waals surface area contributed by atoms with E-state index in [-0.39, 0.29) is 17.1 Å². The van der Waals surface area contributed by atoms with Crippen LogP contribution in [0.25, 0.3) is 0 Å². The molecule has 1 rings (SSSR count). The van der Waals surface area contributed by atoms with E-state index in [0.29, 0.717) is 0 Å². The van der Waals surface area contributed by atoms with Crippen molar-refractivity contribution in [1.82, 2.24) is 0 Å². The molecule has 1 saturated carbocycles. The second kappa shape index (κ2) is 2.65. The van der Waals surface area contributed by atoms with Crippen molar-refractivity contribution in [2.24, 2.45) is 11.3 Å². The topological polar surface area (TPSA) is 40.9 Å². The van der Waals surface area contributed by atoms with Gasteiger partial charge in [0, 0.05) is 5.41 Å². The zero-order chi connectivity index (χ0) is 8.48. The Morgan fingerprint density at radius 2 is 2.27 bits per heavy atom. The molecule has 0 unspecified atom stereocenters. The van der Waals surface area contributed by atoms with Gasteiger partial charge in [-0.3, -0.25) is 4.79 Å². The van der Waals surface area contributed by atoms with Crippen molar-refractivity contribution in [2.75, 3.05) is 0 Å². The van der Waals surface area contributed by atoms with Crippen molar-refractivity contribution in [3.63, 3.8) is 0 Å². The molecule has 0 aromatic carbocycles. The zero-order valence-electron chi connectivity index (χ0n) is 7.05. The Labute approximate surface area is 67.2 Å². The molecule has 0 spiro atoms. The van der Waals surface area contributed by atoms with E-state index in [0.717, 1.165) is 19.3 Å². The monoisotopic (exact) mass is 151 g/mol. The molecule has 0 heterocycles. The fourth-order valence-electron chi connectivity index (χ4n) is 1.60. The van der Waals surface area contributed by atoms with E-state index in [1.54, 1.807) is 0 Å². The number of nitriles is 1. The molecule has 0 bridgehead atoms. The molecule has 0 N–H and O–H groups in total. The number of ketones is 1.